The summed E-state index contributed by atoms with van der Waals surface area (Å²) in [5.74, 6) is -0.382. The normalized spacial score (nSPS) is 21.5. The van der Waals surface area contributed by atoms with Gasteiger partial charge in [-0.05, 0) is 25.1 Å². The van der Waals surface area contributed by atoms with E-state index in [0.29, 0.717) is 22.7 Å². The zero-order valence-corrected chi connectivity index (χ0v) is 10.1. The fourth-order valence-corrected chi connectivity index (χ4v) is 1.89. The predicted molar refractivity (Wildman–Crippen MR) is 62.8 cm³/mol. The largest absolute Gasteiger partial charge is 0.390 e. The summed E-state index contributed by atoms with van der Waals surface area (Å²) in [7, 11) is 0. The van der Waals surface area contributed by atoms with Gasteiger partial charge in [-0.3, -0.25) is 0 Å². The lowest BCUT2D eigenvalue weighted by atomic mass is 10.0. The van der Waals surface area contributed by atoms with Gasteiger partial charge in [-0.25, -0.2) is 4.39 Å². The molecule has 1 aliphatic rings. The van der Waals surface area contributed by atoms with Gasteiger partial charge < -0.3 is 4.84 Å². The topological polar surface area (TPSA) is 21.6 Å². The maximum Gasteiger partial charge on any atom is 0.149 e. The van der Waals surface area contributed by atoms with Crippen LogP contribution < -0.4 is 0 Å². The number of hydrogen-bond donors (Lipinski definition) is 0. The van der Waals surface area contributed by atoms with Crippen LogP contribution in [0.2, 0.25) is 5.02 Å². The molecule has 16 heavy (non-hydrogen) atoms. The second kappa shape index (κ2) is 4.60. The molecule has 0 saturated carbocycles. The van der Waals surface area contributed by atoms with Gasteiger partial charge >= 0.3 is 0 Å². The van der Waals surface area contributed by atoms with E-state index >= 15 is 0 Å². The molecule has 2 rings (SSSR count). The summed E-state index contributed by atoms with van der Waals surface area (Å²) in [4.78, 5) is 5.15. The Morgan fingerprint density at radius 3 is 2.81 bits per heavy atom. The van der Waals surface area contributed by atoms with E-state index < -0.39 is 0 Å². The van der Waals surface area contributed by atoms with Crippen LogP contribution in [0.1, 0.15) is 18.9 Å². The molecule has 0 saturated heterocycles. The molecule has 0 bridgehead atoms. The van der Waals surface area contributed by atoms with Gasteiger partial charge in [-0.1, -0.05) is 16.8 Å². The zero-order valence-electron chi connectivity index (χ0n) is 8.58. The van der Waals surface area contributed by atoms with Gasteiger partial charge in [0.05, 0.1) is 11.1 Å². The summed E-state index contributed by atoms with van der Waals surface area (Å²) < 4.78 is 13.1. The van der Waals surface area contributed by atoms with Gasteiger partial charge in [0.2, 0.25) is 0 Å². The van der Waals surface area contributed by atoms with Crippen molar-refractivity contribution in [2.24, 2.45) is 5.16 Å². The molecule has 1 aliphatic heterocycles. The lowest BCUT2D eigenvalue weighted by Crippen LogP contribution is -2.18. The molecule has 0 radical (unpaired) electrons. The highest BCUT2D eigenvalue weighted by Gasteiger charge is 2.26. The van der Waals surface area contributed by atoms with E-state index in [0.717, 1.165) is 0 Å². The Morgan fingerprint density at radius 1 is 1.50 bits per heavy atom. The lowest BCUT2D eigenvalue weighted by molar-refractivity contribution is 0.0855. The predicted octanol–water partition coefficient (Wildman–Crippen LogP) is 3.60. The number of rotatable bonds is 2. The van der Waals surface area contributed by atoms with Crippen molar-refractivity contribution < 1.29 is 9.23 Å². The van der Waals surface area contributed by atoms with Crippen molar-refractivity contribution in [1.82, 2.24) is 0 Å². The zero-order chi connectivity index (χ0) is 11.7. The smallest absolute Gasteiger partial charge is 0.149 e. The molecule has 5 heteroatoms. The third-order valence-corrected chi connectivity index (χ3v) is 2.90. The van der Waals surface area contributed by atoms with Crippen LogP contribution in [0, 0.1) is 5.82 Å². The van der Waals surface area contributed by atoms with Crippen LogP contribution >= 0.6 is 23.2 Å². The first-order chi connectivity index (χ1) is 7.56. The Kier molecular flexibility index (Phi) is 3.36. The van der Waals surface area contributed by atoms with Gasteiger partial charge in [0.25, 0.3) is 0 Å². The molecular formula is C11H10Cl2FNO. The summed E-state index contributed by atoms with van der Waals surface area (Å²) in [5.41, 5.74) is 1.32. The average Bonchev–Trinajstić information content (AvgIpc) is 2.64. The van der Waals surface area contributed by atoms with Gasteiger partial charge in [0.15, 0.2) is 0 Å². The number of alkyl halides is 1. The molecule has 2 atom stereocenters. The van der Waals surface area contributed by atoms with Crippen molar-refractivity contribution in [1.29, 1.82) is 0 Å². The van der Waals surface area contributed by atoms with E-state index in [1.165, 1.54) is 12.1 Å². The molecule has 86 valence electrons. The minimum Gasteiger partial charge on any atom is -0.390 e. The van der Waals surface area contributed by atoms with Gasteiger partial charge in [0.1, 0.15) is 11.9 Å². The van der Waals surface area contributed by atoms with Crippen LogP contribution in [-0.2, 0) is 4.84 Å². The molecule has 0 fully saturated rings. The molecular weight excluding hydrogens is 252 g/mol. The maximum atomic E-state index is 13.1. The van der Waals surface area contributed by atoms with Gasteiger partial charge in [0, 0.05) is 17.0 Å². The highest BCUT2D eigenvalue weighted by atomic mass is 35.5. The summed E-state index contributed by atoms with van der Waals surface area (Å²) in [6.45, 7) is 1.84. The van der Waals surface area contributed by atoms with Crippen molar-refractivity contribution in [3.05, 3.63) is 34.6 Å². The van der Waals surface area contributed by atoms with Crippen molar-refractivity contribution in [2.45, 2.75) is 24.8 Å². The van der Waals surface area contributed by atoms with Gasteiger partial charge in [-0.2, -0.15) is 0 Å². The minimum absolute atomic E-state index is 0.134. The number of benzene rings is 1. The van der Waals surface area contributed by atoms with Crippen LogP contribution in [0.4, 0.5) is 4.39 Å². The van der Waals surface area contributed by atoms with Crippen molar-refractivity contribution >= 4 is 28.9 Å². The Hall–Kier alpha value is -0.800. The Bertz CT molecular complexity index is 414. The van der Waals surface area contributed by atoms with Crippen LogP contribution in [-0.4, -0.2) is 17.2 Å². The lowest BCUT2D eigenvalue weighted by Gasteiger charge is -2.09. The maximum absolute atomic E-state index is 13.1. The fourth-order valence-electron chi connectivity index (χ4n) is 1.53. The molecule has 1 aromatic carbocycles. The number of nitrogens with zero attached hydrogens (tertiary/aromatic N) is 1. The number of oxime groups is 1. The average molecular weight is 262 g/mol. The second-order valence-electron chi connectivity index (χ2n) is 3.72. The van der Waals surface area contributed by atoms with Crippen LogP contribution in [0.3, 0.4) is 0 Å². The van der Waals surface area contributed by atoms with E-state index in [4.69, 9.17) is 28.0 Å². The molecule has 1 aromatic rings. The molecule has 0 spiro atoms. The monoisotopic (exact) mass is 261 g/mol. The molecule has 2 unspecified atom stereocenters. The van der Waals surface area contributed by atoms with E-state index in [9.17, 15) is 4.39 Å². The number of halogens is 3. The summed E-state index contributed by atoms with van der Waals surface area (Å²) >= 11 is 11.7. The Morgan fingerprint density at radius 2 is 2.25 bits per heavy atom. The van der Waals surface area contributed by atoms with Crippen molar-refractivity contribution in [3.63, 3.8) is 0 Å². The molecule has 0 amide bonds. The molecule has 0 N–H and O–H groups in total. The van der Waals surface area contributed by atoms with Crippen molar-refractivity contribution in [3.8, 4) is 0 Å². The number of hydrogen-bond acceptors (Lipinski definition) is 2. The van der Waals surface area contributed by atoms with E-state index in [2.05, 4.69) is 5.16 Å². The molecule has 1 heterocycles. The molecule has 0 aromatic heterocycles. The highest BCUT2D eigenvalue weighted by molar-refractivity contribution is 6.31. The third kappa shape index (κ3) is 2.47. The molecule has 0 aliphatic carbocycles. The summed E-state index contributed by atoms with van der Waals surface area (Å²) in [6.07, 6.45) is 0.420. The first kappa shape index (κ1) is 11.7. The van der Waals surface area contributed by atoms with E-state index in [1.54, 1.807) is 6.07 Å². The minimum atomic E-state index is -0.382. The quantitative estimate of drug-likeness (QED) is 0.746. The van der Waals surface area contributed by atoms with E-state index in [1.807, 2.05) is 6.92 Å². The van der Waals surface area contributed by atoms with Crippen LogP contribution in [0.25, 0.3) is 0 Å². The van der Waals surface area contributed by atoms with Crippen molar-refractivity contribution in [2.75, 3.05) is 0 Å². The first-order valence-corrected chi connectivity index (χ1v) is 5.71. The molecule has 2 nitrogen and oxygen atoms in total. The summed E-state index contributed by atoms with van der Waals surface area (Å²) in [5, 5.41) is 4.11. The third-order valence-electron chi connectivity index (χ3n) is 2.40. The SMILES string of the molecule is CC(Cl)C1CC(c2cc(F)cc(Cl)c2)=NO1. The Balaban J connectivity index is 2.20. The Labute approximate surface area is 103 Å². The van der Waals surface area contributed by atoms with Crippen LogP contribution in [0.15, 0.2) is 23.4 Å². The standard InChI is InChI=1S/C11H10Cl2FNO/c1-6(12)11-5-10(15-16-11)7-2-8(13)4-9(14)3-7/h2-4,6,11H,5H2,1H3. The van der Waals surface area contributed by atoms with Gasteiger partial charge in [-0.15, -0.1) is 11.6 Å². The van der Waals surface area contributed by atoms with Crippen LogP contribution in [0.5, 0.6) is 0 Å². The summed E-state index contributed by atoms with van der Waals surface area (Å²) in [6, 6.07) is 4.30. The highest BCUT2D eigenvalue weighted by Crippen LogP contribution is 2.23. The fraction of sp³-hybridized carbons (Fsp3) is 0.364. The second-order valence-corrected chi connectivity index (χ2v) is 4.85. The van der Waals surface area contributed by atoms with E-state index in [-0.39, 0.29) is 17.3 Å². The first-order valence-electron chi connectivity index (χ1n) is 4.89.